The third-order valence-corrected chi connectivity index (χ3v) is 1.61. The number of carbonyl (C=O) groups is 1. The van der Waals surface area contributed by atoms with E-state index in [1.54, 1.807) is 6.08 Å². The maximum Gasteiger partial charge on any atom is 2.00 e. The van der Waals surface area contributed by atoms with E-state index in [1.165, 1.54) is 6.08 Å². The van der Waals surface area contributed by atoms with E-state index in [0.29, 0.717) is 0 Å². The van der Waals surface area contributed by atoms with Gasteiger partial charge in [-0.25, -0.2) is 0 Å². The fourth-order valence-corrected chi connectivity index (χ4v) is 0.971. The van der Waals surface area contributed by atoms with Crippen molar-refractivity contribution >= 4 is 6.29 Å². The molecule has 0 saturated heterocycles. The molecule has 1 nitrogen and oxygen atoms in total. The minimum atomic E-state index is 0. The number of allylic oxidation sites excluding steroid dienone is 2. The third kappa shape index (κ3) is 7.81. The van der Waals surface area contributed by atoms with Crippen LogP contribution in [0.15, 0.2) is 12.2 Å². The number of carbonyl (C=O) groups excluding carboxylic acids is 1. The Kier molecular flexibility index (Phi) is 10.4. The van der Waals surface area contributed by atoms with Crippen LogP contribution in [0.3, 0.4) is 0 Å². The summed E-state index contributed by atoms with van der Waals surface area (Å²) >= 11 is 0. The molecule has 2 aliphatic rings. The van der Waals surface area contributed by atoms with E-state index in [-0.39, 0.29) is 17.1 Å². The van der Waals surface area contributed by atoms with E-state index in [0.717, 1.165) is 12.2 Å². The maximum absolute atomic E-state index is 9.81. The Morgan fingerprint density at radius 2 is 1.27 bits per heavy atom. The van der Waals surface area contributed by atoms with Gasteiger partial charge in [0.1, 0.15) is 6.29 Å². The van der Waals surface area contributed by atoms with Gasteiger partial charge in [-0.1, -0.05) is 6.08 Å². The van der Waals surface area contributed by atoms with Gasteiger partial charge in [-0.05, 0) is 63.9 Å². The van der Waals surface area contributed by atoms with Crippen molar-refractivity contribution < 1.29 is 21.9 Å². The summed E-state index contributed by atoms with van der Waals surface area (Å²) in [7, 11) is 0. The van der Waals surface area contributed by atoms with E-state index in [9.17, 15) is 4.79 Å². The van der Waals surface area contributed by atoms with Gasteiger partial charge < -0.3 is 0 Å². The molecule has 0 heterocycles. The summed E-state index contributed by atoms with van der Waals surface area (Å²) in [6, 6.07) is 0. The average molecular weight is 240 g/mol. The first-order valence-electron chi connectivity index (χ1n) is 4.44. The first kappa shape index (κ1) is 14.9. The molecule has 2 aliphatic carbocycles. The molecule has 2 saturated carbocycles. The molecule has 2 rings (SSSR count). The van der Waals surface area contributed by atoms with Crippen molar-refractivity contribution in [3.8, 4) is 0 Å². The quantitative estimate of drug-likeness (QED) is 0.410. The van der Waals surface area contributed by atoms with Crippen molar-refractivity contribution in [1.82, 2.24) is 0 Å². The summed E-state index contributed by atoms with van der Waals surface area (Å²) in [5.41, 5.74) is 0. The van der Waals surface area contributed by atoms with Gasteiger partial charge in [-0.2, -0.15) is 0 Å². The minimum absolute atomic E-state index is 0. The van der Waals surface area contributed by atoms with E-state index < -0.39 is 0 Å². The van der Waals surface area contributed by atoms with Crippen LogP contribution < -0.4 is 0 Å². The van der Waals surface area contributed by atoms with Crippen LogP contribution in [-0.2, 0) is 21.9 Å². The molecule has 0 aromatic carbocycles. The molecule has 10 radical (unpaired) electrons. The van der Waals surface area contributed by atoms with Crippen LogP contribution in [-0.4, -0.2) is 6.29 Å². The zero-order chi connectivity index (χ0) is 10.1. The molecule has 0 spiro atoms. The molecule has 0 aromatic heterocycles. The molecule has 0 amide bonds. The molecule has 0 atom stereocenters. The summed E-state index contributed by atoms with van der Waals surface area (Å²) < 4.78 is 0. The smallest absolute Gasteiger partial charge is 0.299 e. The third-order valence-electron chi connectivity index (χ3n) is 1.61. The van der Waals surface area contributed by atoms with Crippen LogP contribution in [0.1, 0.15) is 0 Å². The van der Waals surface area contributed by atoms with E-state index in [1.807, 2.05) is 57.8 Å². The summed E-state index contributed by atoms with van der Waals surface area (Å²) in [5, 5.41) is 0. The Balaban J connectivity index is 0.000000280. The van der Waals surface area contributed by atoms with Crippen LogP contribution >= 0.6 is 0 Å². The topological polar surface area (TPSA) is 17.1 Å². The van der Waals surface area contributed by atoms with Gasteiger partial charge in [0, 0.05) is 5.92 Å². The molecular formula is C13H12FeO+2. The van der Waals surface area contributed by atoms with Crippen molar-refractivity contribution in [2.75, 3.05) is 0 Å². The SMILES string of the molecule is O=C/C=C/[C]1[CH][CH][CH][CH]1.[CH]1[CH][CH][CH][CH]1.[Fe+2]. The van der Waals surface area contributed by atoms with Gasteiger partial charge >= 0.3 is 17.1 Å². The second-order valence-electron chi connectivity index (χ2n) is 2.68. The van der Waals surface area contributed by atoms with Crippen molar-refractivity contribution in [3.63, 3.8) is 0 Å². The molecule has 0 bridgehead atoms. The van der Waals surface area contributed by atoms with Gasteiger partial charge in [0.05, 0.1) is 0 Å². The van der Waals surface area contributed by atoms with Gasteiger partial charge in [0.2, 0.25) is 0 Å². The first-order valence-corrected chi connectivity index (χ1v) is 4.44. The van der Waals surface area contributed by atoms with Crippen LogP contribution in [0.4, 0.5) is 0 Å². The first-order chi connectivity index (χ1) is 6.93. The molecule has 0 N–H and O–H groups in total. The predicted octanol–water partition coefficient (Wildman–Crippen LogP) is 2.17. The van der Waals surface area contributed by atoms with Gasteiger partial charge in [0.25, 0.3) is 0 Å². The molecule has 15 heavy (non-hydrogen) atoms. The average Bonchev–Trinajstić information content (AvgIpc) is 2.90. The number of hydrogen-bond acceptors (Lipinski definition) is 1. The Morgan fingerprint density at radius 1 is 0.800 bits per heavy atom. The van der Waals surface area contributed by atoms with Crippen molar-refractivity contribution in [2.24, 2.45) is 0 Å². The summed E-state index contributed by atoms with van der Waals surface area (Å²) in [4.78, 5) is 9.81. The molecule has 0 aromatic rings. The van der Waals surface area contributed by atoms with Gasteiger partial charge in [-0.3, -0.25) is 4.79 Å². The second-order valence-corrected chi connectivity index (χ2v) is 2.68. The van der Waals surface area contributed by atoms with Crippen LogP contribution in [0.5, 0.6) is 0 Å². The van der Waals surface area contributed by atoms with Crippen LogP contribution in [0.2, 0.25) is 0 Å². The molecule has 0 aliphatic heterocycles. The maximum atomic E-state index is 9.81. The van der Waals surface area contributed by atoms with E-state index in [4.69, 9.17) is 0 Å². The van der Waals surface area contributed by atoms with Crippen LogP contribution in [0.25, 0.3) is 0 Å². The van der Waals surface area contributed by atoms with Crippen LogP contribution in [0, 0.1) is 63.7 Å². The Labute approximate surface area is 104 Å². The van der Waals surface area contributed by atoms with Crippen molar-refractivity contribution in [2.45, 2.75) is 0 Å². The summed E-state index contributed by atoms with van der Waals surface area (Å²) in [5.74, 6) is 1.07. The molecular weight excluding hydrogens is 228 g/mol. The Morgan fingerprint density at radius 3 is 1.67 bits per heavy atom. The van der Waals surface area contributed by atoms with Gasteiger partial charge in [-0.15, -0.1) is 0 Å². The molecule has 2 heteroatoms. The standard InChI is InChI=1S/C8H7O.C5H5.Fe/c9-7-3-6-8-4-1-2-5-8;1-2-4-5-3-1;/h1-7H;1-5H;/q;;+2/b6-3+;;. The number of rotatable bonds is 2. The summed E-state index contributed by atoms with van der Waals surface area (Å²) in [6.07, 6.45) is 21.8. The minimum Gasteiger partial charge on any atom is -0.299 e. The summed E-state index contributed by atoms with van der Waals surface area (Å²) in [6.45, 7) is 0. The largest absolute Gasteiger partial charge is 2.00 e. The van der Waals surface area contributed by atoms with Gasteiger partial charge in [0.15, 0.2) is 0 Å². The number of aldehydes is 1. The fourth-order valence-electron chi connectivity index (χ4n) is 0.971. The van der Waals surface area contributed by atoms with Crippen molar-refractivity contribution in [3.05, 3.63) is 75.9 Å². The normalized spacial score (nSPS) is 20.8. The predicted molar refractivity (Wildman–Crippen MR) is 57.1 cm³/mol. The van der Waals surface area contributed by atoms with E-state index >= 15 is 0 Å². The second kappa shape index (κ2) is 10.4. The zero-order valence-corrected chi connectivity index (χ0v) is 9.29. The zero-order valence-electron chi connectivity index (χ0n) is 8.19. The molecule has 0 unspecified atom stereocenters. The Hall–Kier alpha value is -0.0705. The van der Waals surface area contributed by atoms with E-state index in [2.05, 4.69) is 0 Å². The fraction of sp³-hybridized carbons (Fsp3) is 0. The Bertz CT molecular complexity index is 160. The monoisotopic (exact) mass is 240 g/mol. The van der Waals surface area contributed by atoms with Crippen molar-refractivity contribution in [1.29, 1.82) is 0 Å². The molecule has 2 fully saturated rings. The number of hydrogen-bond donors (Lipinski definition) is 0. The molecule has 76 valence electrons.